The molecule has 4 heteroatoms. The molecule has 0 aromatic carbocycles. The maximum atomic E-state index is 8.76. The average molecular weight is 149 g/mol. The SMILES string of the molecule is OCc1cnc2nccn2c1. The van der Waals surface area contributed by atoms with Gasteiger partial charge in [0.1, 0.15) is 0 Å². The fourth-order valence-corrected chi connectivity index (χ4v) is 0.940. The van der Waals surface area contributed by atoms with Gasteiger partial charge in [0.15, 0.2) is 0 Å². The molecule has 0 atom stereocenters. The Morgan fingerprint density at radius 1 is 1.45 bits per heavy atom. The minimum atomic E-state index is 0.0150. The molecule has 0 fully saturated rings. The third-order valence-electron chi connectivity index (χ3n) is 1.48. The molecule has 0 saturated carbocycles. The lowest BCUT2D eigenvalue weighted by atomic mass is 10.4. The predicted octanol–water partition coefficient (Wildman–Crippen LogP) is 0.222. The van der Waals surface area contributed by atoms with Crippen LogP contribution in [0.5, 0.6) is 0 Å². The molecule has 2 rings (SSSR count). The molecular weight excluding hydrogens is 142 g/mol. The maximum absolute atomic E-state index is 8.76. The van der Waals surface area contributed by atoms with Crippen LogP contribution in [0.3, 0.4) is 0 Å². The third-order valence-corrected chi connectivity index (χ3v) is 1.48. The molecular formula is C7H7N3O. The topological polar surface area (TPSA) is 50.4 Å². The van der Waals surface area contributed by atoms with E-state index in [4.69, 9.17) is 5.11 Å². The first kappa shape index (κ1) is 6.30. The molecule has 11 heavy (non-hydrogen) atoms. The van der Waals surface area contributed by atoms with Crippen LogP contribution in [-0.2, 0) is 6.61 Å². The van der Waals surface area contributed by atoms with E-state index in [1.165, 1.54) is 0 Å². The Balaban J connectivity index is 2.67. The van der Waals surface area contributed by atoms with Gasteiger partial charge < -0.3 is 5.11 Å². The summed E-state index contributed by atoms with van der Waals surface area (Å²) >= 11 is 0. The average Bonchev–Trinajstić information content (AvgIpc) is 2.50. The molecule has 0 spiro atoms. The number of hydrogen-bond donors (Lipinski definition) is 1. The molecule has 0 aliphatic rings. The highest BCUT2D eigenvalue weighted by Gasteiger charge is 1.94. The Morgan fingerprint density at radius 2 is 2.36 bits per heavy atom. The molecule has 2 aromatic rings. The van der Waals surface area contributed by atoms with Gasteiger partial charge in [0.2, 0.25) is 5.78 Å². The fourth-order valence-electron chi connectivity index (χ4n) is 0.940. The lowest BCUT2D eigenvalue weighted by Gasteiger charge is -1.95. The van der Waals surface area contributed by atoms with Gasteiger partial charge >= 0.3 is 0 Å². The van der Waals surface area contributed by atoms with E-state index in [2.05, 4.69) is 9.97 Å². The molecule has 0 saturated heterocycles. The lowest BCUT2D eigenvalue weighted by molar-refractivity contribution is 0.281. The molecule has 2 aromatic heterocycles. The fraction of sp³-hybridized carbons (Fsp3) is 0.143. The van der Waals surface area contributed by atoms with Crippen LogP contribution in [-0.4, -0.2) is 19.5 Å². The zero-order valence-corrected chi connectivity index (χ0v) is 5.81. The maximum Gasteiger partial charge on any atom is 0.233 e. The summed E-state index contributed by atoms with van der Waals surface area (Å²) in [6.45, 7) is 0.0150. The lowest BCUT2D eigenvalue weighted by Crippen LogP contribution is -1.91. The van der Waals surface area contributed by atoms with Gasteiger partial charge in [0.05, 0.1) is 6.61 Å². The van der Waals surface area contributed by atoms with E-state index in [0.717, 1.165) is 5.56 Å². The van der Waals surface area contributed by atoms with Crippen molar-refractivity contribution in [2.75, 3.05) is 0 Å². The zero-order chi connectivity index (χ0) is 7.68. The van der Waals surface area contributed by atoms with Crippen molar-refractivity contribution in [2.45, 2.75) is 6.61 Å². The van der Waals surface area contributed by atoms with Crippen molar-refractivity contribution in [3.8, 4) is 0 Å². The van der Waals surface area contributed by atoms with E-state index < -0.39 is 0 Å². The highest BCUT2D eigenvalue weighted by molar-refractivity contribution is 5.28. The summed E-state index contributed by atoms with van der Waals surface area (Å²) in [5.41, 5.74) is 0.788. The minimum Gasteiger partial charge on any atom is -0.392 e. The van der Waals surface area contributed by atoms with Crippen LogP contribution < -0.4 is 0 Å². The minimum absolute atomic E-state index is 0.0150. The number of fused-ring (bicyclic) bond motifs is 1. The van der Waals surface area contributed by atoms with Crippen LogP contribution in [0, 0.1) is 0 Å². The number of hydrogen-bond acceptors (Lipinski definition) is 3. The molecule has 0 bridgehead atoms. The summed E-state index contributed by atoms with van der Waals surface area (Å²) in [6, 6.07) is 0. The van der Waals surface area contributed by atoms with Gasteiger partial charge in [-0.15, -0.1) is 0 Å². The van der Waals surface area contributed by atoms with Crippen molar-refractivity contribution >= 4 is 5.78 Å². The van der Waals surface area contributed by atoms with E-state index in [9.17, 15) is 0 Å². The Labute approximate surface area is 63.1 Å². The van der Waals surface area contributed by atoms with E-state index in [0.29, 0.717) is 5.78 Å². The van der Waals surface area contributed by atoms with Gasteiger partial charge in [0, 0.05) is 30.4 Å². The van der Waals surface area contributed by atoms with E-state index in [1.54, 1.807) is 29.2 Å². The van der Waals surface area contributed by atoms with Crippen molar-refractivity contribution in [3.63, 3.8) is 0 Å². The van der Waals surface area contributed by atoms with Gasteiger partial charge in [0.25, 0.3) is 0 Å². The molecule has 56 valence electrons. The Hall–Kier alpha value is -1.42. The number of aliphatic hydroxyl groups excluding tert-OH is 1. The first-order chi connectivity index (χ1) is 5.40. The van der Waals surface area contributed by atoms with Crippen LogP contribution in [0.1, 0.15) is 5.56 Å². The highest BCUT2D eigenvalue weighted by Crippen LogP contribution is 1.99. The Bertz CT molecular complexity index is 368. The van der Waals surface area contributed by atoms with Gasteiger partial charge in [-0.2, -0.15) is 0 Å². The second-order valence-electron chi connectivity index (χ2n) is 2.25. The van der Waals surface area contributed by atoms with E-state index in [-0.39, 0.29) is 6.61 Å². The van der Waals surface area contributed by atoms with Crippen LogP contribution in [0.25, 0.3) is 5.78 Å². The van der Waals surface area contributed by atoms with Crippen molar-refractivity contribution < 1.29 is 5.11 Å². The number of rotatable bonds is 1. The normalized spacial score (nSPS) is 10.6. The molecule has 0 unspecified atom stereocenters. The standard InChI is InChI=1S/C7H7N3O/c11-5-6-3-9-7-8-1-2-10(7)4-6/h1-4,11H,5H2. The first-order valence-corrected chi connectivity index (χ1v) is 3.28. The molecule has 0 radical (unpaired) electrons. The van der Waals surface area contributed by atoms with Crippen molar-refractivity contribution in [1.82, 2.24) is 14.4 Å². The summed E-state index contributed by atoms with van der Waals surface area (Å²) in [5.74, 6) is 0.655. The molecule has 0 aliphatic carbocycles. The van der Waals surface area contributed by atoms with Crippen LogP contribution >= 0.6 is 0 Å². The molecule has 0 aliphatic heterocycles. The molecule has 4 nitrogen and oxygen atoms in total. The predicted molar refractivity (Wildman–Crippen MR) is 38.9 cm³/mol. The summed E-state index contributed by atoms with van der Waals surface area (Å²) in [6.07, 6.45) is 6.88. The zero-order valence-electron chi connectivity index (χ0n) is 5.81. The van der Waals surface area contributed by atoms with Crippen LogP contribution in [0.2, 0.25) is 0 Å². The first-order valence-electron chi connectivity index (χ1n) is 3.28. The molecule has 1 N–H and O–H groups in total. The number of aliphatic hydroxyl groups is 1. The summed E-state index contributed by atoms with van der Waals surface area (Å²) in [5, 5.41) is 8.76. The number of imidazole rings is 1. The van der Waals surface area contributed by atoms with Gasteiger partial charge in [-0.1, -0.05) is 0 Å². The summed E-state index contributed by atoms with van der Waals surface area (Å²) in [4.78, 5) is 7.97. The van der Waals surface area contributed by atoms with Gasteiger partial charge in [-0.05, 0) is 0 Å². The smallest absolute Gasteiger partial charge is 0.233 e. The second-order valence-corrected chi connectivity index (χ2v) is 2.25. The van der Waals surface area contributed by atoms with E-state index in [1.807, 2.05) is 0 Å². The van der Waals surface area contributed by atoms with Gasteiger partial charge in [-0.25, -0.2) is 9.97 Å². The van der Waals surface area contributed by atoms with Crippen LogP contribution in [0.4, 0.5) is 0 Å². The Kier molecular flexibility index (Phi) is 1.33. The highest BCUT2D eigenvalue weighted by atomic mass is 16.3. The quantitative estimate of drug-likeness (QED) is 0.631. The van der Waals surface area contributed by atoms with Crippen molar-refractivity contribution in [2.24, 2.45) is 0 Å². The second kappa shape index (κ2) is 2.32. The summed E-state index contributed by atoms with van der Waals surface area (Å²) < 4.78 is 1.77. The molecule has 0 amide bonds. The largest absolute Gasteiger partial charge is 0.392 e. The number of nitrogens with zero attached hydrogens (tertiary/aromatic N) is 3. The Morgan fingerprint density at radius 3 is 3.18 bits per heavy atom. The van der Waals surface area contributed by atoms with Gasteiger partial charge in [-0.3, -0.25) is 4.40 Å². The number of aromatic nitrogens is 3. The van der Waals surface area contributed by atoms with E-state index >= 15 is 0 Å². The molecule has 2 heterocycles. The van der Waals surface area contributed by atoms with Crippen molar-refractivity contribution in [1.29, 1.82) is 0 Å². The van der Waals surface area contributed by atoms with Crippen molar-refractivity contribution in [3.05, 3.63) is 30.4 Å². The van der Waals surface area contributed by atoms with Crippen LogP contribution in [0.15, 0.2) is 24.8 Å². The summed E-state index contributed by atoms with van der Waals surface area (Å²) in [7, 11) is 0. The monoisotopic (exact) mass is 149 g/mol. The third kappa shape index (κ3) is 0.969.